The van der Waals surface area contributed by atoms with E-state index in [0.717, 1.165) is 28.8 Å². The number of halogens is 1. The minimum absolute atomic E-state index is 0.193. The lowest BCUT2D eigenvalue weighted by Gasteiger charge is -2.17. The number of aryl methyl sites for hydroxylation is 1. The third-order valence-corrected chi connectivity index (χ3v) is 3.61. The number of aliphatic hydroxyl groups is 1. The topological polar surface area (TPSA) is 55.9 Å². The van der Waals surface area contributed by atoms with Crippen molar-refractivity contribution in [3.8, 4) is 0 Å². The van der Waals surface area contributed by atoms with Gasteiger partial charge in [-0.2, -0.15) is 10.2 Å². The number of aliphatic hydroxyl groups excluding tert-OH is 1. The molecule has 0 amide bonds. The molecule has 2 aromatic rings. The Kier molecular flexibility index (Phi) is 4.42. The summed E-state index contributed by atoms with van der Waals surface area (Å²) in [4.78, 5) is 0. The monoisotopic (exact) mass is 326 g/mol. The predicted octanol–water partition coefficient (Wildman–Crippen LogP) is 2.91. The van der Waals surface area contributed by atoms with E-state index in [0.29, 0.717) is 0 Å². The molecule has 19 heavy (non-hydrogen) atoms. The van der Waals surface area contributed by atoms with Crippen molar-refractivity contribution in [2.24, 2.45) is 0 Å². The second-order valence-electron chi connectivity index (χ2n) is 4.80. The maximum atomic E-state index is 10.6. The Hall–Kier alpha value is -1.14. The minimum atomic E-state index is -0.728. The Morgan fingerprint density at radius 2 is 2.11 bits per heavy atom. The maximum absolute atomic E-state index is 10.6. The normalized spacial score (nSPS) is 13.2. The zero-order valence-electron chi connectivity index (χ0n) is 11.4. The van der Waals surface area contributed by atoms with Crippen molar-refractivity contribution < 1.29 is 5.11 Å². The minimum Gasteiger partial charge on any atom is -0.380 e. The molecular weight excluding hydrogens is 308 g/mol. The van der Waals surface area contributed by atoms with Gasteiger partial charge in [-0.1, -0.05) is 6.92 Å². The van der Waals surface area contributed by atoms with Crippen LogP contribution in [0.15, 0.2) is 22.9 Å². The lowest BCUT2D eigenvalue weighted by Crippen LogP contribution is -2.16. The van der Waals surface area contributed by atoms with Gasteiger partial charge < -0.3 is 5.11 Å². The fraction of sp³-hybridized carbons (Fsp3) is 0.538. The van der Waals surface area contributed by atoms with Gasteiger partial charge >= 0.3 is 0 Å². The van der Waals surface area contributed by atoms with Gasteiger partial charge in [0.2, 0.25) is 0 Å². The first kappa shape index (κ1) is 14.3. The molecule has 5 nitrogen and oxygen atoms in total. The summed E-state index contributed by atoms with van der Waals surface area (Å²) in [7, 11) is 0. The van der Waals surface area contributed by atoms with E-state index in [1.54, 1.807) is 12.4 Å². The van der Waals surface area contributed by atoms with Gasteiger partial charge in [-0.3, -0.25) is 9.36 Å². The van der Waals surface area contributed by atoms with E-state index in [-0.39, 0.29) is 6.04 Å². The molecule has 2 rings (SSSR count). The van der Waals surface area contributed by atoms with E-state index in [1.807, 2.05) is 29.3 Å². The molecule has 1 unspecified atom stereocenters. The number of aromatic nitrogens is 4. The standard InChI is InChI=1S/C13H19BrN4O/c1-4-7-17-11(5-6-15-17)13(19)12-10(14)8-16-18(12)9(2)3/h5-6,8-9,13,19H,4,7H2,1-3H3. The van der Waals surface area contributed by atoms with E-state index in [2.05, 4.69) is 33.1 Å². The number of rotatable bonds is 5. The van der Waals surface area contributed by atoms with Crippen molar-refractivity contribution >= 4 is 15.9 Å². The van der Waals surface area contributed by atoms with Crippen LogP contribution < -0.4 is 0 Å². The Bertz CT molecular complexity index is 547. The number of nitrogens with zero attached hydrogens (tertiary/aromatic N) is 4. The first-order valence-corrected chi connectivity index (χ1v) is 7.28. The Morgan fingerprint density at radius 1 is 1.37 bits per heavy atom. The molecule has 0 saturated carbocycles. The van der Waals surface area contributed by atoms with E-state index >= 15 is 0 Å². The van der Waals surface area contributed by atoms with Gasteiger partial charge in [0, 0.05) is 18.8 Å². The van der Waals surface area contributed by atoms with Gasteiger partial charge in [-0.15, -0.1) is 0 Å². The highest BCUT2D eigenvalue weighted by Crippen LogP contribution is 2.30. The van der Waals surface area contributed by atoms with Crippen LogP contribution in [-0.4, -0.2) is 24.7 Å². The van der Waals surface area contributed by atoms with Crippen LogP contribution in [0, 0.1) is 0 Å². The molecule has 0 fully saturated rings. The quantitative estimate of drug-likeness (QED) is 0.919. The van der Waals surface area contributed by atoms with Crippen molar-refractivity contribution in [1.82, 2.24) is 19.6 Å². The van der Waals surface area contributed by atoms with Gasteiger partial charge in [-0.05, 0) is 42.3 Å². The first-order chi connectivity index (χ1) is 9.06. The summed E-state index contributed by atoms with van der Waals surface area (Å²) in [6.45, 7) is 6.97. The van der Waals surface area contributed by atoms with Gasteiger partial charge in [0.1, 0.15) is 6.10 Å². The molecule has 0 aliphatic rings. The lowest BCUT2D eigenvalue weighted by molar-refractivity contribution is 0.192. The van der Waals surface area contributed by atoms with Crippen LogP contribution in [0.5, 0.6) is 0 Å². The van der Waals surface area contributed by atoms with E-state index in [1.165, 1.54) is 0 Å². The van der Waals surface area contributed by atoms with Gasteiger partial charge in [0.15, 0.2) is 0 Å². The van der Waals surface area contributed by atoms with Gasteiger partial charge in [0.25, 0.3) is 0 Å². The summed E-state index contributed by atoms with van der Waals surface area (Å²) in [6.07, 6.45) is 3.69. The molecule has 0 bridgehead atoms. The summed E-state index contributed by atoms with van der Waals surface area (Å²) < 4.78 is 4.49. The average Bonchev–Trinajstić information content (AvgIpc) is 2.95. The van der Waals surface area contributed by atoms with Crippen LogP contribution in [0.2, 0.25) is 0 Å². The summed E-state index contributed by atoms with van der Waals surface area (Å²) in [5, 5.41) is 19.2. The van der Waals surface area contributed by atoms with Crippen molar-refractivity contribution in [3.63, 3.8) is 0 Å². The summed E-state index contributed by atoms with van der Waals surface area (Å²) >= 11 is 3.46. The van der Waals surface area contributed by atoms with Crippen molar-refractivity contribution in [2.45, 2.75) is 45.9 Å². The lowest BCUT2D eigenvalue weighted by atomic mass is 10.1. The second-order valence-corrected chi connectivity index (χ2v) is 5.65. The molecule has 0 spiro atoms. The van der Waals surface area contributed by atoms with Crippen molar-refractivity contribution in [2.75, 3.05) is 0 Å². The Labute approximate surface area is 121 Å². The first-order valence-electron chi connectivity index (χ1n) is 6.49. The molecule has 104 valence electrons. The van der Waals surface area contributed by atoms with Crippen molar-refractivity contribution in [1.29, 1.82) is 0 Å². The van der Waals surface area contributed by atoms with Crippen LogP contribution in [0.4, 0.5) is 0 Å². The largest absolute Gasteiger partial charge is 0.380 e. The highest BCUT2D eigenvalue weighted by atomic mass is 79.9. The molecule has 2 heterocycles. The average molecular weight is 327 g/mol. The van der Waals surface area contributed by atoms with Crippen LogP contribution in [0.25, 0.3) is 0 Å². The zero-order chi connectivity index (χ0) is 14.0. The second kappa shape index (κ2) is 5.88. The molecule has 0 aliphatic carbocycles. The summed E-state index contributed by atoms with van der Waals surface area (Å²) in [5.74, 6) is 0. The molecule has 2 aromatic heterocycles. The molecular formula is C13H19BrN4O. The molecule has 6 heteroatoms. The van der Waals surface area contributed by atoms with Crippen LogP contribution in [0.1, 0.15) is 50.7 Å². The SMILES string of the molecule is CCCn1nccc1C(O)c1c(Br)cnn1C(C)C. The fourth-order valence-corrected chi connectivity index (χ4v) is 2.62. The summed E-state index contributed by atoms with van der Waals surface area (Å²) in [5.41, 5.74) is 1.57. The fourth-order valence-electron chi connectivity index (χ4n) is 2.13. The van der Waals surface area contributed by atoms with Crippen LogP contribution in [-0.2, 0) is 6.54 Å². The van der Waals surface area contributed by atoms with Crippen LogP contribution in [0.3, 0.4) is 0 Å². The predicted molar refractivity (Wildman–Crippen MR) is 76.9 cm³/mol. The molecule has 0 aromatic carbocycles. The van der Waals surface area contributed by atoms with Gasteiger partial charge in [0.05, 0.1) is 22.1 Å². The molecule has 0 saturated heterocycles. The third-order valence-electron chi connectivity index (χ3n) is 3.00. The Balaban J connectivity index is 2.41. The highest BCUT2D eigenvalue weighted by Gasteiger charge is 2.23. The smallest absolute Gasteiger partial charge is 0.138 e. The maximum Gasteiger partial charge on any atom is 0.138 e. The zero-order valence-corrected chi connectivity index (χ0v) is 13.0. The molecule has 0 aliphatic heterocycles. The number of hydrogen-bond donors (Lipinski definition) is 1. The van der Waals surface area contributed by atoms with Crippen LogP contribution >= 0.6 is 15.9 Å². The molecule has 1 N–H and O–H groups in total. The van der Waals surface area contributed by atoms with Gasteiger partial charge in [-0.25, -0.2) is 0 Å². The molecule has 1 atom stereocenters. The van der Waals surface area contributed by atoms with E-state index < -0.39 is 6.10 Å². The molecule has 0 radical (unpaired) electrons. The third kappa shape index (κ3) is 2.74. The summed E-state index contributed by atoms with van der Waals surface area (Å²) in [6, 6.07) is 2.04. The number of hydrogen-bond acceptors (Lipinski definition) is 3. The van der Waals surface area contributed by atoms with E-state index in [9.17, 15) is 5.11 Å². The highest BCUT2D eigenvalue weighted by molar-refractivity contribution is 9.10. The Morgan fingerprint density at radius 3 is 2.74 bits per heavy atom. The van der Waals surface area contributed by atoms with E-state index in [4.69, 9.17) is 0 Å². The van der Waals surface area contributed by atoms with Crippen molar-refractivity contribution in [3.05, 3.63) is 34.3 Å².